The van der Waals surface area contributed by atoms with Gasteiger partial charge in [-0.1, -0.05) is 0 Å². The van der Waals surface area contributed by atoms with E-state index in [-0.39, 0.29) is 0 Å². The summed E-state index contributed by atoms with van der Waals surface area (Å²) in [4.78, 5) is 4.15. The van der Waals surface area contributed by atoms with E-state index in [2.05, 4.69) is 31.1 Å². The molecule has 0 saturated heterocycles. The van der Waals surface area contributed by atoms with Crippen molar-refractivity contribution in [3.8, 4) is 17.1 Å². The number of methoxy groups -OCH3 is 1. The van der Waals surface area contributed by atoms with E-state index in [1.807, 2.05) is 24.3 Å². The van der Waals surface area contributed by atoms with Gasteiger partial charge in [0, 0.05) is 5.56 Å². The van der Waals surface area contributed by atoms with E-state index in [1.165, 1.54) is 0 Å². The highest BCUT2D eigenvalue weighted by Gasteiger charge is 2.03. The molecule has 4 nitrogen and oxygen atoms in total. The number of aromatic nitrogens is 3. The fourth-order valence-electron chi connectivity index (χ4n) is 1.11. The summed E-state index contributed by atoms with van der Waals surface area (Å²) in [5.41, 5.74) is 0.952. The third-order valence-electron chi connectivity index (χ3n) is 1.81. The first-order chi connectivity index (χ1) is 6.79. The normalized spacial score (nSPS) is 10.1. The minimum Gasteiger partial charge on any atom is -0.497 e. The number of benzene rings is 1. The molecule has 0 saturated carbocycles. The SMILES string of the molecule is COc1ccc(-c2n[nH]c(Br)n2)cc1. The van der Waals surface area contributed by atoms with Crippen LogP contribution >= 0.6 is 15.9 Å². The molecular formula is C9H8BrN3O. The predicted molar refractivity (Wildman–Crippen MR) is 56.1 cm³/mol. The molecule has 1 heterocycles. The maximum Gasteiger partial charge on any atom is 0.193 e. The van der Waals surface area contributed by atoms with Crippen molar-refractivity contribution in [2.24, 2.45) is 0 Å². The van der Waals surface area contributed by atoms with Gasteiger partial charge in [-0.2, -0.15) is 5.10 Å². The highest BCUT2D eigenvalue weighted by atomic mass is 79.9. The zero-order valence-electron chi connectivity index (χ0n) is 7.49. The van der Waals surface area contributed by atoms with E-state index < -0.39 is 0 Å². The molecule has 0 atom stereocenters. The first kappa shape index (κ1) is 9.21. The van der Waals surface area contributed by atoms with E-state index in [0.717, 1.165) is 11.3 Å². The summed E-state index contributed by atoms with van der Waals surface area (Å²) in [5, 5.41) is 6.74. The Morgan fingerprint density at radius 2 is 2.00 bits per heavy atom. The van der Waals surface area contributed by atoms with Crippen LogP contribution in [0, 0.1) is 0 Å². The number of ether oxygens (including phenoxy) is 1. The standard InChI is InChI=1S/C9H8BrN3O/c1-14-7-4-2-6(3-5-7)8-11-9(10)13-12-8/h2-5H,1H3,(H,11,12,13). The summed E-state index contributed by atoms with van der Waals surface area (Å²) in [6, 6.07) is 7.57. The smallest absolute Gasteiger partial charge is 0.193 e. The number of hydrogen-bond donors (Lipinski definition) is 1. The van der Waals surface area contributed by atoms with Gasteiger partial charge < -0.3 is 4.74 Å². The Morgan fingerprint density at radius 3 is 2.50 bits per heavy atom. The zero-order valence-corrected chi connectivity index (χ0v) is 9.08. The molecule has 14 heavy (non-hydrogen) atoms. The summed E-state index contributed by atoms with van der Waals surface area (Å²) in [6.45, 7) is 0. The van der Waals surface area contributed by atoms with Crippen molar-refractivity contribution in [1.82, 2.24) is 15.2 Å². The van der Waals surface area contributed by atoms with Gasteiger partial charge in [0.15, 0.2) is 10.6 Å². The van der Waals surface area contributed by atoms with Crippen LogP contribution in [-0.2, 0) is 0 Å². The van der Waals surface area contributed by atoms with E-state index in [0.29, 0.717) is 10.6 Å². The van der Waals surface area contributed by atoms with Gasteiger partial charge in [-0.3, -0.25) is 5.10 Å². The molecule has 0 aliphatic heterocycles. The highest BCUT2D eigenvalue weighted by Crippen LogP contribution is 2.19. The molecule has 0 spiro atoms. The molecule has 0 bridgehead atoms. The fraction of sp³-hybridized carbons (Fsp3) is 0.111. The van der Waals surface area contributed by atoms with Crippen LogP contribution in [0.15, 0.2) is 29.0 Å². The summed E-state index contributed by atoms with van der Waals surface area (Å²) in [6.07, 6.45) is 0. The minimum absolute atomic E-state index is 0.628. The summed E-state index contributed by atoms with van der Waals surface area (Å²) >= 11 is 3.20. The molecule has 0 unspecified atom stereocenters. The largest absolute Gasteiger partial charge is 0.497 e. The molecule has 72 valence electrons. The van der Waals surface area contributed by atoms with E-state index in [9.17, 15) is 0 Å². The number of nitrogens with one attached hydrogen (secondary N) is 1. The number of halogens is 1. The quantitative estimate of drug-likeness (QED) is 0.894. The Labute approximate surface area is 89.5 Å². The second-order valence-electron chi connectivity index (χ2n) is 2.68. The first-order valence-electron chi connectivity index (χ1n) is 4.02. The number of H-pyrrole nitrogens is 1. The van der Waals surface area contributed by atoms with Gasteiger partial charge in [-0.25, -0.2) is 4.98 Å². The van der Waals surface area contributed by atoms with Gasteiger partial charge in [-0.05, 0) is 40.2 Å². The molecule has 0 amide bonds. The molecule has 0 radical (unpaired) electrons. The summed E-state index contributed by atoms with van der Waals surface area (Å²) in [5.74, 6) is 1.49. The van der Waals surface area contributed by atoms with Gasteiger partial charge in [0.05, 0.1) is 7.11 Å². The van der Waals surface area contributed by atoms with Gasteiger partial charge in [0.25, 0.3) is 0 Å². The Hall–Kier alpha value is -1.36. The number of rotatable bonds is 2. The Kier molecular flexibility index (Phi) is 2.49. The predicted octanol–water partition coefficient (Wildman–Crippen LogP) is 2.24. The average Bonchev–Trinajstić information content (AvgIpc) is 2.65. The topological polar surface area (TPSA) is 50.8 Å². The van der Waals surface area contributed by atoms with E-state index >= 15 is 0 Å². The fourth-order valence-corrected chi connectivity index (χ4v) is 1.37. The van der Waals surface area contributed by atoms with Crippen LogP contribution in [0.2, 0.25) is 0 Å². The van der Waals surface area contributed by atoms with Crippen molar-refractivity contribution in [2.45, 2.75) is 0 Å². The number of nitrogens with zero attached hydrogens (tertiary/aromatic N) is 2. The third kappa shape index (κ3) is 1.77. The Bertz CT molecular complexity index is 424. The molecule has 0 fully saturated rings. The molecule has 1 aromatic heterocycles. The van der Waals surface area contributed by atoms with Gasteiger partial charge in [0.2, 0.25) is 0 Å². The van der Waals surface area contributed by atoms with Crippen LogP contribution < -0.4 is 4.74 Å². The second-order valence-corrected chi connectivity index (χ2v) is 3.43. The summed E-state index contributed by atoms with van der Waals surface area (Å²) in [7, 11) is 1.64. The average molecular weight is 254 g/mol. The minimum atomic E-state index is 0.628. The lowest BCUT2D eigenvalue weighted by Crippen LogP contribution is -1.83. The van der Waals surface area contributed by atoms with Gasteiger partial charge in [-0.15, -0.1) is 0 Å². The van der Waals surface area contributed by atoms with Crippen LogP contribution in [0.1, 0.15) is 0 Å². The first-order valence-corrected chi connectivity index (χ1v) is 4.81. The second kappa shape index (κ2) is 3.79. The highest BCUT2D eigenvalue weighted by molar-refractivity contribution is 9.10. The van der Waals surface area contributed by atoms with Gasteiger partial charge >= 0.3 is 0 Å². The maximum absolute atomic E-state index is 5.05. The van der Waals surface area contributed by atoms with Crippen molar-refractivity contribution in [3.05, 3.63) is 29.0 Å². The van der Waals surface area contributed by atoms with Crippen molar-refractivity contribution in [1.29, 1.82) is 0 Å². The van der Waals surface area contributed by atoms with Crippen LogP contribution in [0.5, 0.6) is 5.75 Å². The summed E-state index contributed by atoms with van der Waals surface area (Å²) < 4.78 is 5.68. The van der Waals surface area contributed by atoms with E-state index in [4.69, 9.17) is 4.74 Å². The Morgan fingerprint density at radius 1 is 1.29 bits per heavy atom. The lowest BCUT2D eigenvalue weighted by Gasteiger charge is -1.99. The van der Waals surface area contributed by atoms with Crippen LogP contribution in [0.4, 0.5) is 0 Å². The van der Waals surface area contributed by atoms with Crippen molar-refractivity contribution in [3.63, 3.8) is 0 Å². The monoisotopic (exact) mass is 253 g/mol. The molecule has 0 aliphatic carbocycles. The maximum atomic E-state index is 5.05. The van der Waals surface area contributed by atoms with Crippen molar-refractivity contribution >= 4 is 15.9 Å². The molecular weight excluding hydrogens is 246 g/mol. The van der Waals surface area contributed by atoms with Crippen LogP contribution in [-0.4, -0.2) is 22.3 Å². The molecule has 5 heteroatoms. The molecule has 2 rings (SSSR count). The van der Waals surface area contributed by atoms with Crippen molar-refractivity contribution < 1.29 is 4.74 Å². The number of hydrogen-bond acceptors (Lipinski definition) is 3. The van der Waals surface area contributed by atoms with Crippen LogP contribution in [0.3, 0.4) is 0 Å². The molecule has 1 aromatic carbocycles. The third-order valence-corrected chi connectivity index (χ3v) is 2.16. The molecule has 1 N–H and O–H groups in total. The van der Waals surface area contributed by atoms with Crippen molar-refractivity contribution in [2.75, 3.05) is 7.11 Å². The van der Waals surface area contributed by atoms with E-state index in [1.54, 1.807) is 7.11 Å². The zero-order chi connectivity index (χ0) is 9.97. The lowest BCUT2D eigenvalue weighted by atomic mass is 10.2. The lowest BCUT2D eigenvalue weighted by molar-refractivity contribution is 0.415. The Balaban J connectivity index is 2.33. The molecule has 2 aromatic rings. The number of aromatic amines is 1. The molecule has 0 aliphatic rings. The van der Waals surface area contributed by atoms with Gasteiger partial charge in [0.1, 0.15) is 5.75 Å². The van der Waals surface area contributed by atoms with Crippen LogP contribution in [0.25, 0.3) is 11.4 Å².